The molecule has 1 N–H and O–H groups in total. The molecule has 1 aliphatic rings. The molecule has 1 fully saturated rings. The van der Waals surface area contributed by atoms with Gasteiger partial charge in [0, 0.05) is 23.4 Å². The molecule has 6 heteroatoms. The molecule has 1 saturated carbocycles. The van der Waals surface area contributed by atoms with Crippen LogP contribution in [-0.2, 0) is 12.6 Å². The number of carbonyl (C=O) groups excluding carboxylic acids is 1. The Labute approximate surface area is 182 Å². The molecule has 0 spiro atoms. The number of fused-ring (bicyclic) bond motifs is 1. The summed E-state index contributed by atoms with van der Waals surface area (Å²) in [5, 5.41) is 3.85. The van der Waals surface area contributed by atoms with Crippen LogP contribution in [0, 0.1) is 0 Å². The first-order valence-electron chi connectivity index (χ1n) is 10.5. The van der Waals surface area contributed by atoms with E-state index in [1.54, 1.807) is 12.1 Å². The van der Waals surface area contributed by atoms with Crippen molar-refractivity contribution in [1.82, 2.24) is 5.32 Å². The van der Waals surface area contributed by atoms with Crippen LogP contribution in [0.15, 0.2) is 77.2 Å². The van der Waals surface area contributed by atoms with Gasteiger partial charge in [-0.2, -0.15) is 13.2 Å². The first-order valence-corrected chi connectivity index (χ1v) is 10.5. The first-order chi connectivity index (χ1) is 15.4. The number of amides is 1. The van der Waals surface area contributed by atoms with E-state index >= 15 is 0 Å². The molecule has 0 saturated heterocycles. The largest absolute Gasteiger partial charge is 0.461 e. The number of benzene rings is 3. The Morgan fingerprint density at radius 3 is 2.53 bits per heavy atom. The van der Waals surface area contributed by atoms with E-state index in [1.165, 1.54) is 6.07 Å². The topological polar surface area (TPSA) is 42.2 Å². The van der Waals surface area contributed by atoms with Crippen molar-refractivity contribution in [3.8, 4) is 11.1 Å². The van der Waals surface area contributed by atoms with Crippen LogP contribution in [-0.4, -0.2) is 11.9 Å². The SMILES string of the molecule is O=C(NC1CC1)c1cccc(-c2cccc3oc(Cc4cccc(C(F)(F)F)c4)cc23)c1. The lowest BCUT2D eigenvalue weighted by Gasteiger charge is -2.07. The summed E-state index contributed by atoms with van der Waals surface area (Å²) in [6.07, 6.45) is -2.08. The fraction of sp³-hybridized carbons (Fsp3) is 0.192. The number of hydrogen-bond donors (Lipinski definition) is 1. The van der Waals surface area contributed by atoms with Gasteiger partial charge in [-0.25, -0.2) is 0 Å². The monoisotopic (exact) mass is 435 g/mol. The van der Waals surface area contributed by atoms with Crippen LogP contribution in [0.1, 0.15) is 40.1 Å². The minimum atomic E-state index is -4.38. The lowest BCUT2D eigenvalue weighted by Crippen LogP contribution is -2.25. The molecule has 0 unspecified atom stereocenters. The molecule has 1 heterocycles. The minimum Gasteiger partial charge on any atom is -0.461 e. The van der Waals surface area contributed by atoms with E-state index in [9.17, 15) is 18.0 Å². The van der Waals surface area contributed by atoms with E-state index in [-0.39, 0.29) is 18.4 Å². The highest BCUT2D eigenvalue weighted by molar-refractivity contribution is 5.99. The van der Waals surface area contributed by atoms with Crippen LogP contribution in [0.4, 0.5) is 13.2 Å². The van der Waals surface area contributed by atoms with Gasteiger partial charge in [0.2, 0.25) is 0 Å². The molecular weight excluding hydrogens is 415 g/mol. The van der Waals surface area contributed by atoms with Gasteiger partial charge >= 0.3 is 6.18 Å². The Balaban J connectivity index is 1.46. The zero-order chi connectivity index (χ0) is 22.3. The van der Waals surface area contributed by atoms with Crippen molar-refractivity contribution in [2.75, 3.05) is 0 Å². The predicted octanol–water partition coefficient (Wildman–Crippen LogP) is 6.60. The highest BCUT2D eigenvalue weighted by atomic mass is 19.4. The summed E-state index contributed by atoms with van der Waals surface area (Å²) in [5.41, 5.74) is 2.89. The average Bonchev–Trinajstić information content (AvgIpc) is 3.49. The van der Waals surface area contributed by atoms with Crippen LogP contribution in [0.2, 0.25) is 0 Å². The van der Waals surface area contributed by atoms with Gasteiger partial charge in [-0.05, 0) is 59.9 Å². The molecule has 1 aromatic heterocycles. The van der Waals surface area contributed by atoms with Crippen molar-refractivity contribution < 1.29 is 22.4 Å². The van der Waals surface area contributed by atoms with Crippen molar-refractivity contribution in [2.24, 2.45) is 0 Å². The molecule has 1 amide bonds. The van der Waals surface area contributed by atoms with Gasteiger partial charge in [0.25, 0.3) is 5.91 Å². The zero-order valence-corrected chi connectivity index (χ0v) is 17.1. The lowest BCUT2D eigenvalue weighted by molar-refractivity contribution is -0.137. The van der Waals surface area contributed by atoms with E-state index in [0.717, 1.165) is 41.5 Å². The highest BCUT2D eigenvalue weighted by Crippen LogP contribution is 2.33. The fourth-order valence-electron chi connectivity index (χ4n) is 3.84. The maximum Gasteiger partial charge on any atom is 0.416 e. The van der Waals surface area contributed by atoms with Crippen molar-refractivity contribution in [2.45, 2.75) is 31.5 Å². The standard InChI is InChI=1S/C26H20F3NO2/c27-26(28,29)19-7-1-4-16(12-19)13-21-15-23-22(8-3-9-24(23)32-21)17-5-2-6-18(14-17)25(31)30-20-10-11-20/h1-9,12,14-15,20H,10-11,13H2,(H,30,31). The second-order valence-electron chi connectivity index (χ2n) is 8.13. The molecule has 32 heavy (non-hydrogen) atoms. The average molecular weight is 435 g/mol. The van der Waals surface area contributed by atoms with Crippen LogP contribution in [0.5, 0.6) is 0 Å². The Morgan fingerprint density at radius 2 is 1.75 bits per heavy atom. The summed E-state index contributed by atoms with van der Waals surface area (Å²) in [5.74, 6) is 0.494. The van der Waals surface area contributed by atoms with E-state index < -0.39 is 11.7 Å². The van der Waals surface area contributed by atoms with Crippen molar-refractivity contribution in [3.05, 3.63) is 95.2 Å². The summed E-state index contributed by atoms with van der Waals surface area (Å²) < 4.78 is 45.0. The number of hydrogen-bond acceptors (Lipinski definition) is 2. The molecule has 0 radical (unpaired) electrons. The molecule has 0 bridgehead atoms. The number of alkyl halides is 3. The summed E-state index contributed by atoms with van der Waals surface area (Å²) in [7, 11) is 0. The Kier molecular flexibility index (Phi) is 5.00. The number of nitrogens with one attached hydrogen (secondary N) is 1. The molecule has 0 aliphatic heterocycles. The maximum atomic E-state index is 13.0. The molecule has 0 atom stereocenters. The van der Waals surface area contributed by atoms with Gasteiger partial charge in [-0.3, -0.25) is 4.79 Å². The predicted molar refractivity (Wildman–Crippen MR) is 116 cm³/mol. The van der Waals surface area contributed by atoms with Crippen LogP contribution < -0.4 is 5.32 Å². The number of furan rings is 1. The smallest absolute Gasteiger partial charge is 0.416 e. The fourth-order valence-corrected chi connectivity index (χ4v) is 3.84. The van der Waals surface area contributed by atoms with E-state index in [0.29, 0.717) is 22.5 Å². The molecule has 5 rings (SSSR count). The lowest BCUT2D eigenvalue weighted by atomic mass is 9.99. The zero-order valence-electron chi connectivity index (χ0n) is 17.1. The van der Waals surface area contributed by atoms with Gasteiger partial charge in [0.1, 0.15) is 11.3 Å². The molecule has 4 aromatic rings. The number of halogens is 3. The van der Waals surface area contributed by atoms with Gasteiger partial charge in [-0.1, -0.05) is 42.5 Å². The van der Waals surface area contributed by atoms with Crippen molar-refractivity contribution in [1.29, 1.82) is 0 Å². The normalized spacial score (nSPS) is 14.0. The van der Waals surface area contributed by atoms with Crippen molar-refractivity contribution >= 4 is 16.9 Å². The minimum absolute atomic E-state index is 0.0843. The molecule has 3 aromatic carbocycles. The Bertz CT molecular complexity index is 1300. The second kappa shape index (κ2) is 7.86. The van der Waals surface area contributed by atoms with Gasteiger partial charge in [0.05, 0.1) is 5.56 Å². The van der Waals surface area contributed by atoms with Crippen LogP contribution >= 0.6 is 0 Å². The molecule has 1 aliphatic carbocycles. The highest BCUT2D eigenvalue weighted by Gasteiger charge is 2.30. The number of carbonyl (C=O) groups is 1. The number of rotatable bonds is 5. The van der Waals surface area contributed by atoms with Crippen LogP contribution in [0.3, 0.4) is 0 Å². The molecule has 3 nitrogen and oxygen atoms in total. The van der Waals surface area contributed by atoms with Gasteiger partial charge in [0.15, 0.2) is 0 Å². The summed E-state index contributed by atoms with van der Waals surface area (Å²) >= 11 is 0. The quantitative estimate of drug-likeness (QED) is 0.384. The molecule has 162 valence electrons. The second-order valence-corrected chi connectivity index (χ2v) is 8.13. The third-order valence-corrected chi connectivity index (χ3v) is 5.59. The van der Waals surface area contributed by atoms with Crippen LogP contribution in [0.25, 0.3) is 22.1 Å². The Morgan fingerprint density at radius 1 is 0.969 bits per heavy atom. The van der Waals surface area contributed by atoms with E-state index in [4.69, 9.17) is 4.42 Å². The Hall–Kier alpha value is -3.54. The van der Waals surface area contributed by atoms with Gasteiger partial charge < -0.3 is 9.73 Å². The van der Waals surface area contributed by atoms with Gasteiger partial charge in [-0.15, -0.1) is 0 Å². The molecular formula is C26H20F3NO2. The van der Waals surface area contributed by atoms with E-state index in [2.05, 4.69) is 5.32 Å². The third kappa shape index (κ3) is 4.26. The summed E-state index contributed by atoms with van der Waals surface area (Å²) in [6.45, 7) is 0. The van der Waals surface area contributed by atoms with Crippen molar-refractivity contribution in [3.63, 3.8) is 0 Å². The first kappa shape index (κ1) is 20.4. The maximum absolute atomic E-state index is 13.0. The van der Waals surface area contributed by atoms with E-state index in [1.807, 2.05) is 42.5 Å². The third-order valence-electron chi connectivity index (χ3n) is 5.59. The summed E-state index contributed by atoms with van der Waals surface area (Å²) in [6, 6.07) is 20.5. The summed E-state index contributed by atoms with van der Waals surface area (Å²) in [4.78, 5) is 12.4.